The van der Waals surface area contributed by atoms with Gasteiger partial charge in [-0.1, -0.05) is 30.3 Å². The minimum atomic E-state index is -0.752. The molecule has 3 rings (SSSR count). The van der Waals surface area contributed by atoms with Crippen LogP contribution in [-0.4, -0.2) is 39.6 Å². The highest BCUT2D eigenvalue weighted by molar-refractivity contribution is 7.99. The molecule has 0 aliphatic carbocycles. The standard InChI is InChI=1S/C16H18N2O2S2/c19-15(18-10-16(20)6-7-21-11-16)13-9-17-14(22-13)8-12-4-2-1-3-5-12/h1-5,9,20H,6-8,10-11H2,(H,18,19). The lowest BCUT2D eigenvalue weighted by molar-refractivity contribution is 0.0614. The summed E-state index contributed by atoms with van der Waals surface area (Å²) < 4.78 is 0. The van der Waals surface area contributed by atoms with Gasteiger partial charge >= 0.3 is 0 Å². The van der Waals surface area contributed by atoms with Crippen LogP contribution in [0.5, 0.6) is 0 Å². The molecular formula is C16H18N2O2S2. The van der Waals surface area contributed by atoms with Gasteiger partial charge in [-0.3, -0.25) is 4.79 Å². The quantitative estimate of drug-likeness (QED) is 0.881. The van der Waals surface area contributed by atoms with Crippen LogP contribution >= 0.6 is 23.1 Å². The Morgan fingerprint density at radius 3 is 2.91 bits per heavy atom. The van der Waals surface area contributed by atoms with E-state index in [4.69, 9.17) is 0 Å². The molecule has 1 unspecified atom stereocenters. The van der Waals surface area contributed by atoms with Gasteiger partial charge in [0, 0.05) is 18.7 Å². The van der Waals surface area contributed by atoms with Crippen molar-refractivity contribution in [3.05, 3.63) is 52.0 Å². The fourth-order valence-electron chi connectivity index (χ4n) is 2.34. The molecule has 2 aromatic rings. The molecule has 1 fully saturated rings. The van der Waals surface area contributed by atoms with Gasteiger partial charge in [0.1, 0.15) is 4.88 Å². The van der Waals surface area contributed by atoms with E-state index in [-0.39, 0.29) is 5.91 Å². The third-order valence-corrected chi connectivity index (χ3v) is 5.87. The Kier molecular flexibility index (Phi) is 4.81. The lowest BCUT2D eigenvalue weighted by Gasteiger charge is -2.21. The number of amides is 1. The number of aliphatic hydroxyl groups is 1. The van der Waals surface area contributed by atoms with Gasteiger partial charge in [0.25, 0.3) is 5.91 Å². The molecule has 6 heteroatoms. The third kappa shape index (κ3) is 3.88. The first-order valence-electron chi connectivity index (χ1n) is 7.22. The van der Waals surface area contributed by atoms with Crippen LogP contribution in [0.15, 0.2) is 36.5 Å². The molecule has 1 aliphatic heterocycles. The van der Waals surface area contributed by atoms with Crippen molar-refractivity contribution in [2.24, 2.45) is 0 Å². The van der Waals surface area contributed by atoms with Crippen LogP contribution in [0.1, 0.15) is 26.7 Å². The van der Waals surface area contributed by atoms with Crippen molar-refractivity contribution in [2.45, 2.75) is 18.4 Å². The van der Waals surface area contributed by atoms with Crippen LogP contribution in [-0.2, 0) is 6.42 Å². The maximum Gasteiger partial charge on any atom is 0.263 e. The van der Waals surface area contributed by atoms with Crippen molar-refractivity contribution in [2.75, 3.05) is 18.1 Å². The normalized spacial score (nSPS) is 21.0. The second kappa shape index (κ2) is 6.81. The SMILES string of the molecule is O=C(NCC1(O)CCSC1)c1cnc(Cc2ccccc2)s1. The van der Waals surface area contributed by atoms with E-state index in [9.17, 15) is 9.90 Å². The Hall–Kier alpha value is -1.37. The zero-order valence-electron chi connectivity index (χ0n) is 12.1. The Labute approximate surface area is 138 Å². The predicted molar refractivity (Wildman–Crippen MR) is 90.6 cm³/mol. The second-order valence-electron chi connectivity index (χ2n) is 5.49. The molecule has 0 saturated carbocycles. The molecule has 1 saturated heterocycles. The lowest BCUT2D eigenvalue weighted by atomic mass is 10.0. The molecule has 0 spiro atoms. The van der Waals surface area contributed by atoms with Gasteiger partial charge in [-0.05, 0) is 17.7 Å². The first-order chi connectivity index (χ1) is 10.6. The number of benzene rings is 1. The van der Waals surface area contributed by atoms with E-state index in [2.05, 4.69) is 22.4 Å². The summed E-state index contributed by atoms with van der Waals surface area (Å²) in [5.41, 5.74) is 0.429. The molecule has 1 aromatic carbocycles. The van der Waals surface area contributed by atoms with Gasteiger partial charge < -0.3 is 10.4 Å². The number of carbonyl (C=O) groups is 1. The molecule has 1 atom stereocenters. The Morgan fingerprint density at radius 2 is 2.18 bits per heavy atom. The number of nitrogens with zero attached hydrogens (tertiary/aromatic N) is 1. The highest BCUT2D eigenvalue weighted by Gasteiger charge is 2.32. The van der Waals surface area contributed by atoms with Crippen molar-refractivity contribution >= 4 is 29.0 Å². The van der Waals surface area contributed by atoms with Crippen LogP contribution in [0.25, 0.3) is 0 Å². The van der Waals surface area contributed by atoms with Crippen molar-refractivity contribution in [1.29, 1.82) is 0 Å². The van der Waals surface area contributed by atoms with E-state index in [1.54, 1.807) is 18.0 Å². The summed E-state index contributed by atoms with van der Waals surface area (Å²) in [5, 5.41) is 14.0. The number of hydrogen-bond acceptors (Lipinski definition) is 5. The highest BCUT2D eigenvalue weighted by Crippen LogP contribution is 2.27. The zero-order chi connectivity index (χ0) is 15.4. The van der Waals surface area contributed by atoms with E-state index in [1.165, 1.54) is 16.9 Å². The first kappa shape index (κ1) is 15.5. The van der Waals surface area contributed by atoms with Gasteiger partial charge in [0.15, 0.2) is 0 Å². The fraction of sp³-hybridized carbons (Fsp3) is 0.375. The van der Waals surface area contributed by atoms with Gasteiger partial charge in [-0.15, -0.1) is 11.3 Å². The molecule has 1 amide bonds. The number of nitrogens with one attached hydrogen (secondary N) is 1. The Bertz CT molecular complexity index is 637. The molecule has 1 aromatic heterocycles. The molecule has 1 aliphatic rings. The Balaban J connectivity index is 1.57. The largest absolute Gasteiger partial charge is 0.387 e. The van der Waals surface area contributed by atoms with E-state index in [0.717, 1.165) is 23.6 Å². The highest BCUT2D eigenvalue weighted by atomic mass is 32.2. The van der Waals surface area contributed by atoms with Crippen molar-refractivity contribution in [1.82, 2.24) is 10.3 Å². The molecule has 2 N–H and O–H groups in total. The van der Waals surface area contributed by atoms with Crippen LogP contribution in [0, 0.1) is 0 Å². The third-order valence-electron chi connectivity index (χ3n) is 3.64. The minimum Gasteiger partial charge on any atom is -0.387 e. The summed E-state index contributed by atoms with van der Waals surface area (Å²) in [4.78, 5) is 17.1. The van der Waals surface area contributed by atoms with Gasteiger partial charge in [0.05, 0.1) is 16.8 Å². The molecule has 22 heavy (non-hydrogen) atoms. The summed E-state index contributed by atoms with van der Waals surface area (Å²) in [7, 11) is 0. The van der Waals surface area contributed by atoms with E-state index in [1.807, 2.05) is 18.2 Å². The maximum absolute atomic E-state index is 12.2. The smallest absolute Gasteiger partial charge is 0.263 e. The van der Waals surface area contributed by atoms with Gasteiger partial charge in [-0.25, -0.2) is 4.98 Å². The van der Waals surface area contributed by atoms with E-state index < -0.39 is 5.60 Å². The maximum atomic E-state index is 12.2. The van der Waals surface area contributed by atoms with Crippen LogP contribution < -0.4 is 5.32 Å². The lowest BCUT2D eigenvalue weighted by Crippen LogP contribution is -2.42. The fourth-order valence-corrected chi connectivity index (χ4v) is 4.50. The summed E-state index contributed by atoms with van der Waals surface area (Å²) in [6, 6.07) is 10.1. The topological polar surface area (TPSA) is 62.2 Å². The monoisotopic (exact) mass is 334 g/mol. The van der Waals surface area contributed by atoms with Crippen molar-refractivity contribution < 1.29 is 9.90 Å². The summed E-state index contributed by atoms with van der Waals surface area (Å²) in [6.45, 7) is 0.310. The van der Waals surface area contributed by atoms with Crippen molar-refractivity contribution in [3.63, 3.8) is 0 Å². The number of carbonyl (C=O) groups excluding carboxylic acids is 1. The summed E-state index contributed by atoms with van der Waals surface area (Å²) in [5.74, 6) is 1.49. The molecule has 0 bridgehead atoms. The number of hydrogen-bond donors (Lipinski definition) is 2. The average molecular weight is 334 g/mol. The average Bonchev–Trinajstić information content (AvgIpc) is 3.16. The summed E-state index contributed by atoms with van der Waals surface area (Å²) >= 11 is 3.13. The van der Waals surface area contributed by atoms with Gasteiger partial charge in [0.2, 0.25) is 0 Å². The van der Waals surface area contributed by atoms with Crippen LogP contribution in [0.2, 0.25) is 0 Å². The number of thioether (sulfide) groups is 1. The molecular weight excluding hydrogens is 316 g/mol. The molecule has 2 heterocycles. The zero-order valence-corrected chi connectivity index (χ0v) is 13.8. The van der Waals surface area contributed by atoms with E-state index in [0.29, 0.717) is 17.2 Å². The molecule has 0 radical (unpaired) electrons. The first-order valence-corrected chi connectivity index (χ1v) is 9.19. The van der Waals surface area contributed by atoms with Crippen molar-refractivity contribution in [3.8, 4) is 0 Å². The number of aromatic nitrogens is 1. The number of rotatable bonds is 5. The summed E-state index contributed by atoms with van der Waals surface area (Å²) in [6.07, 6.45) is 3.09. The second-order valence-corrected chi connectivity index (χ2v) is 7.71. The number of thiazole rings is 1. The van der Waals surface area contributed by atoms with Crippen LogP contribution in [0.4, 0.5) is 0 Å². The Morgan fingerprint density at radius 1 is 1.36 bits per heavy atom. The molecule has 4 nitrogen and oxygen atoms in total. The minimum absolute atomic E-state index is 0.151. The molecule has 116 valence electrons. The van der Waals surface area contributed by atoms with Gasteiger partial charge in [-0.2, -0.15) is 11.8 Å². The van der Waals surface area contributed by atoms with Crippen LogP contribution in [0.3, 0.4) is 0 Å². The predicted octanol–water partition coefficient (Wildman–Crippen LogP) is 2.33. The van der Waals surface area contributed by atoms with E-state index >= 15 is 0 Å².